The summed E-state index contributed by atoms with van der Waals surface area (Å²) in [6.45, 7) is 3.80. The lowest BCUT2D eigenvalue weighted by Crippen LogP contribution is -1.97. The van der Waals surface area contributed by atoms with E-state index >= 15 is 0 Å². The maximum absolute atomic E-state index is 11.5. The van der Waals surface area contributed by atoms with Gasteiger partial charge in [-0.15, -0.1) is 0 Å². The number of halogens is 2. The molecule has 58 valence electrons. The van der Waals surface area contributed by atoms with Crippen LogP contribution < -0.4 is 0 Å². The van der Waals surface area contributed by atoms with E-state index in [9.17, 15) is 8.78 Å². The van der Waals surface area contributed by atoms with E-state index in [4.69, 9.17) is 0 Å². The van der Waals surface area contributed by atoms with Gasteiger partial charge < -0.3 is 4.74 Å². The summed E-state index contributed by atoms with van der Waals surface area (Å²) in [4.78, 5) is 0. The molecule has 0 saturated heterocycles. The molecule has 0 heterocycles. The Labute approximate surface area is 59.0 Å². The van der Waals surface area contributed by atoms with Gasteiger partial charge in [0.05, 0.1) is 0 Å². The van der Waals surface area contributed by atoms with Gasteiger partial charge >= 0.3 is 6.61 Å². The average Bonchev–Trinajstić information content (AvgIpc) is 1.85. The van der Waals surface area contributed by atoms with E-state index < -0.39 is 6.61 Å². The molecule has 0 aliphatic rings. The molecule has 0 spiro atoms. The van der Waals surface area contributed by atoms with Gasteiger partial charge in [0.1, 0.15) is 5.76 Å². The van der Waals surface area contributed by atoms with Crippen molar-refractivity contribution in [1.29, 1.82) is 0 Å². The van der Waals surface area contributed by atoms with Crippen LogP contribution in [0.15, 0.2) is 24.0 Å². The Morgan fingerprint density at radius 2 is 2.00 bits per heavy atom. The molecule has 10 heavy (non-hydrogen) atoms. The molecule has 0 amide bonds. The number of alkyl halides is 2. The van der Waals surface area contributed by atoms with Crippen molar-refractivity contribution in [1.82, 2.24) is 0 Å². The van der Waals surface area contributed by atoms with E-state index in [1.807, 2.05) is 0 Å². The second-order valence-corrected chi connectivity index (χ2v) is 1.82. The van der Waals surface area contributed by atoms with Crippen LogP contribution in [0.5, 0.6) is 0 Å². The zero-order valence-electron chi connectivity index (χ0n) is 6.03. The van der Waals surface area contributed by atoms with E-state index in [0.717, 1.165) is 0 Å². The minimum absolute atomic E-state index is 0.213. The Hall–Kier alpha value is -0.860. The van der Waals surface area contributed by atoms with Crippen molar-refractivity contribution in [2.45, 2.75) is 20.5 Å². The molecule has 0 aliphatic heterocycles. The van der Waals surface area contributed by atoms with E-state index in [0.29, 0.717) is 5.57 Å². The van der Waals surface area contributed by atoms with Gasteiger partial charge in [0.15, 0.2) is 0 Å². The van der Waals surface area contributed by atoms with E-state index in [2.05, 4.69) is 11.3 Å². The molecular formula is C7H10F2O. The summed E-state index contributed by atoms with van der Waals surface area (Å²) in [5, 5.41) is 0. The standard InChI is InChI=1S/C7H10F2O/c1-4-5(2)6(3)10-7(8)9/h4,7H,1H2,2-3H3/b6-5+. The molecule has 0 aromatic carbocycles. The van der Waals surface area contributed by atoms with Gasteiger partial charge in [-0.3, -0.25) is 0 Å². The van der Waals surface area contributed by atoms with Crippen LogP contribution >= 0.6 is 0 Å². The minimum Gasteiger partial charge on any atom is -0.439 e. The highest BCUT2D eigenvalue weighted by Gasteiger charge is 2.03. The summed E-state index contributed by atoms with van der Waals surface area (Å²) in [5.74, 6) is 0.213. The van der Waals surface area contributed by atoms with Crippen LogP contribution in [0.25, 0.3) is 0 Å². The van der Waals surface area contributed by atoms with Gasteiger partial charge in [0.2, 0.25) is 0 Å². The summed E-state index contributed by atoms with van der Waals surface area (Å²) in [7, 11) is 0. The molecule has 0 rings (SSSR count). The summed E-state index contributed by atoms with van der Waals surface area (Å²) < 4.78 is 27.1. The number of hydrogen-bond donors (Lipinski definition) is 0. The molecule has 3 heteroatoms. The predicted octanol–water partition coefficient (Wildman–Crippen LogP) is 2.71. The predicted molar refractivity (Wildman–Crippen MR) is 35.7 cm³/mol. The Balaban J connectivity index is 4.04. The molecule has 0 aromatic heterocycles. The number of ether oxygens (including phenoxy) is 1. The van der Waals surface area contributed by atoms with Gasteiger partial charge in [0.25, 0.3) is 0 Å². The van der Waals surface area contributed by atoms with Gasteiger partial charge in [-0.25, -0.2) is 0 Å². The second-order valence-electron chi connectivity index (χ2n) is 1.82. The van der Waals surface area contributed by atoms with Crippen LogP contribution in [0, 0.1) is 0 Å². The van der Waals surface area contributed by atoms with Gasteiger partial charge in [0, 0.05) is 0 Å². The molecule has 1 nitrogen and oxygen atoms in total. The first-order chi connectivity index (χ1) is 4.57. The average molecular weight is 148 g/mol. The Bertz CT molecular complexity index is 150. The van der Waals surface area contributed by atoms with Crippen LogP contribution in [-0.2, 0) is 4.74 Å². The molecule has 0 bridgehead atoms. The first kappa shape index (κ1) is 9.14. The first-order valence-corrected chi connectivity index (χ1v) is 2.82. The molecule has 0 N–H and O–H groups in total. The lowest BCUT2D eigenvalue weighted by atomic mass is 10.3. The minimum atomic E-state index is -2.74. The zero-order chi connectivity index (χ0) is 8.15. The number of hydrogen-bond acceptors (Lipinski definition) is 1. The van der Waals surface area contributed by atoms with Crippen molar-refractivity contribution in [3.8, 4) is 0 Å². The topological polar surface area (TPSA) is 9.23 Å². The third-order valence-corrected chi connectivity index (χ3v) is 1.13. The summed E-state index contributed by atoms with van der Waals surface area (Å²) in [6.07, 6.45) is 1.47. The molecular weight excluding hydrogens is 138 g/mol. The van der Waals surface area contributed by atoms with Gasteiger partial charge in [-0.2, -0.15) is 8.78 Å². The maximum atomic E-state index is 11.5. The van der Waals surface area contributed by atoms with Crippen molar-refractivity contribution < 1.29 is 13.5 Å². The highest BCUT2D eigenvalue weighted by Crippen LogP contribution is 2.09. The van der Waals surface area contributed by atoms with Gasteiger partial charge in [-0.1, -0.05) is 12.7 Å². The van der Waals surface area contributed by atoms with E-state index in [1.54, 1.807) is 6.92 Å². The Kier molecular flexibility index (Phi) is 3.69. The summed E-state index contributed by atoms with van der Waals surface area (Å²) >= 11 is 0. The van der Waals surface area contributed by atoms with Crippen LogP contribution in [0.3, 0.4) is 0 Å². The first-order valence-electron chi connectivity index (χ1n) is 2.82. The molecule has 0 radical (unpaired) electrons. The third-order valence-electron chi connectivity index (χ3n) is 1.13. The summed E-state index contributed by atoms with van der Waals surface area (Å²) in [6, 6.07) is 0. The lowest BCUT2D eigenvalue weighted by Gasteiger charge is -2.05. The largest absolute Gasteiger partial charge is 0.439 e. The normalized spacial score (nSPS) is 12.9. The van der Waals surface area contributed by atoms with Crippen molar-refractivity contribution in [2.75, 3.05) is 0 Å². The zero-order valence-corrected chi connectivity index (χ0v) is 6.03. The van der Waals surface area contributed by atoms with Crippen molar-refractivity contribution in [3.05, 3.63) is 24.0 Å². The SMILES string of the molecule is C=C/C(C)=C(\C)OC(F)F. The second kappa shape index (κ2) is 4.04. The lowest BCUT2D eigenvalue weighted by molar-refractivity contribution is -0.0961. The number of allylic oxidation sites excluding steroid dienone is 3. The molecule has 0 fully saturated rings. The maximum Gasteiger partial charge on any atom is 0.387 e. The fourth-order valence-corrected chi connectivity index (χ4v) is 0.370. The molecule has 0 aromatic rings. The fraction of sp³-hybridized carbons (Fsp3) is 0.429. The van der Waals surface area contributed by atoms with Crippen molar-refractivity contribution in [2.24, 2.45) is 0 Å². The van der Waals surface area contributed by atoms with E-state index in [-0.39, 0.29) is 5.76 Å². The Morgan fingerprint density at radius 3 is 2.30 bits per heavy atom. The van der Waals surface area contributed by atoms with Crippen LogP contribution in [0.4, 0.5) is 8.78 Å². The summed E-state index contributed by atoms with van der Waals surface area (Å²) in [5.41, 5.74) is 0.625. The Morgan fingerprint density at radius 1 is 1.50 bits per heavy atom. The van der Waals surface area contributed by atoms with Crippen LogP contribution in [0.1, 0.15) is 13.8 Å². The number of rotatable bonds is 3. The fourth-order valence-electron chi connectivity index (χ4n) is 0.370. The van der Waals surface area contributed by atoms with Crippen LogP contribution in [-0.4, -0.2) is 6.61 Å². The molecule has 0 aliphatic carbocycles. The highest BCUT2D eigenvalue weighted by molar-refractivity contribution is 5.15. The smallest absolute Gasteiger partial charge is 0.387 e. The van der Waals surface area contributed by atoms with Gasteiger partial charge in [-0.05, 0) is 19.4 Å². The van der Waals surface area contributed by atoms with Crippen LogP contribution in [0.2, 0.25) is 0 Å². The van der Waals surface area contributed by atoms with Crippen molar-refractivity contribution in [3.63, 3.8) is 0 Å². The molecule has 0 saturated carbocycles. The molecule has 0 atom stereocenters. The highest BCUT2D eigenvalue weighted by atomic mass is 19.3. The molecule has 0 unspecified atom stereocenters. The quantitative estimate of drug-likeness (QED) is 0.441. The van der Waals surface area contributed by atoms with E-state index in [1.165, 1.54) is 13.0 Å². The van der Waals surface area contributed by atoms with Crippen molar-refractivity contribution >= 4 is 0 Å². The third kappa shape index (κ3) is 3.22. The monoisotopic (exact) mass is 148 g/mol.